The molecule has 0 aliphatic carbocycles. The van der Waals surface area contributed by atoms with E-state index in [-0.39, 0.29) is 6.61 Å². The normalized spacial score (nSPS) is 9.12. The molecule has 3 N–H and O–H groups in total. The van der Waals surface area contributed by atoms with E-state index in [4.69, 9.17) is 10.2 Å². The summed E-state index contributed by atoms with van der Waals surface area (Å²) in [6, 6.07) is 5.19. The van der Waals surface area contributed by atoms with Crippen LogP contribution in [0.15, 0.2) is 22.7 Å². The molecule has 5 heteroatoms. The minimum absolute atomic E-state index is 0.199. The van der Waals surface area contributed by atoms with Crippen LogP contribution in [0.1, 0.15) is 5.56 Å². The molecule has 0 aliphatic rings. The van der Waals surface area contributed by atoms with Crippen molar-refractivity contribution in [2.75, 3.05) is 11.9 Å². The van der Waals surface area contributed by atoms with Crippen LogP contribution in [0.2, 0.25) is 0 Å². The first-order chi connectivity index (χ1) is 7.63. The minimum Gasteiger partial charge on any atom is -0.465 e. The van der Waals surface area contributed by atoms with Gasteiger partial charge in [0.2, 0.25) is 0 Å². The van der Waals surface area contributed by atoms with Crippen LogP contribution in [0.25, 0.3) is 0 Å². The van der Waals surface area contributed by atoms with Crippen molar-refractivity contribution < 1.29 is 15.0 Å². The molecule has 4 nitrogen and oxygen atoms in total. The van der Waals surface area contributed by atoms with Crippen molar-refractivity contribution in [3.63, 3.8) is 0 Å². The molecule has 0 saturated heterocycles. The highest BCUT2D eigenvalue weighted by Crippen LogP contribution is 2.21. The highest BCUT2D eigenvalue weighted by Gasteiger charge is 2.04. The molecule has 1 aromatic carbocycles. The molecule has 0 radical (unpaired) electrons. The van der Waals surface area contributed by atoms with E-state index in [0.29, 0.717) is 12.1 Å². The predicted molar refractivity (Wildman–Crippen MR) is 64.4 cm³/mol. The van der Waals surface area contributed by atoms with Crippen LogP contribution in [0.4, 0.5) is 10.5 Å². The number of nitrogens with one attached hydrogen (secondary N) is 1. The molecule has 0 unspecified atom stereocenters. The molecule has 0 aromatic heterocycles. The van der Waals surface area contributed by atoms with Gasteiger partial charge in [-0.25, -0.2) is 4.79 Å². The smallest absolute Gasteiger partial charge is 0.409 e. The van der Waals surface area contributed by atoms with Crippen molar-refractivity contribution >= 4 is 27.7 Å². The Labute approximate surface area is 101 Å². The van der Waals surface area contributed by atoms with Gasteiger partial charge in [0, 0.05) is 16.6 Å². The number of aliphatic hydroxyl groups excluding tert-OH is 1. The summed E-state index contributed by atoms with van der Waals surface area (Å²) >= 11 is 3.30. The van der Waals surface area contributed by atoms with Crippen molar-refractivity contribution in [1.82, 2.24) is 0 Å². The molecular weight excluding hydrogens is 274 g/mol. The van der Waals surface area contributed by atoms with Gasteiger partial charge in [0.1, 0.15) is 6.61 Å². The number of carbonyl (C=O) groups is 1. The summed E-state index contributed by atoms with van der Waals surface area (Å²) in [4.78, 5) is 10.5. The van der Waals surface area contributed by atoms with Crippen molar-refractivity contribution in [1.29, 1.82) is 0 Å². The summed E-state index contributed by atoms with van der Waals surface area (Å²) in [6.45, 7) is -0.199. The molecule has 0 saturated carbocycles. The first-order valence-electron chi connectivity index (χ1n) is 4.48. The Morgan fingerprint density at radius 3 is 2.81 bits per heavy atom. The van der Waals surface area contributed by atoms with Crippen molar-refractivity contribution in [2.45, 2.75) is 6.42 Å². The van der Waals surface area contributed by atoms with Gasteiger partial charge in [-0.2, -0.15) is 0 Å². The van der Waals surface area contributed by atoms with E-state index < -0.39 is 6.09 Å². The summed E-state index contributed by atoms with van der Waals surface area (Å²) < 4.78 is 0.851. The van der Waals surface area contributed by atoms with Crippen LogP contribution >= 0.6 is 15.9 Å². The third-order valence-electron chi connectivity index (χ3n) is 1.79. The summed E-state index contributed by atoms with van der Waals surface area (Å²) in [5, 5.41) is 19.4. The molecular formula is C11H10BrNO3. The van der Waals surface area contributed by atoms with Gasteiger partial charge in [-0.3, -0.25) is 5.32 Å². The van der Waals surface area contributed by atoms with Gasteiger partial charge in [-0.1, -0.05) is 27.8 Å². The summed E-state index contributed by atoms with van der Waals surface area (Å²) in [7, 11) is 0. The fourth-order valence-corrected chi connectivity index (χ4v) is 1.57. The number of amides is 1. The number of rotatable bonds is 2. The molecule has 84 valence electrons. The van der Waals surface area contributed by atoms with Crippen LogP contribution in [0.3, 0.4) is 0 Å². The molecule has 0 aliphatic heterocycles. The number of halogens is 1. The van der Waals surface area contributed by atoms with E-state index in [1.807, 2.05) is 0 Å². The molecule has 0 spiro atoms. The highest BCUT2D eigenvalue weighted by atomic mass is 79.9. The zero-order chi connectivity index (χ0) is 12.0. The Morgan fingerprint density at radius 1 is 1.44 bits per heavy atom. The van der Waals surface area contributed by atoms with Crippen LogP contribution in [0.5, 0.6) is 0 Å². The highest BCUT2D eigenvalue weighted by molar-refractivity contribution is 9.10. The first-order valence-corrected chi connectivity index (χ1v) is 5.27. The van der Waals surface area contributed by atoms with Crippen molar-refractivity contribution in [2.24, 2.45) is 0 Å². The zero-order valence-electron chi connectivity index (χ0n) is 8.33. The average Bonchev–Trinajstić information content (AvgIpc) is 2.22. The Bertz CT molecular complexity index is 448. The monoisotopic (exact) mass is 283 g/mol. The van der Waals surface area contributed by atoms with Crippen molar-refractivity contribution in [3.8, 4) is 11.8 Å². The maximum atomic E-state index is 10.5. The molecule has 0 fully saturated rings. The van der Waals surface area contributed by atoms with Crippen LogP contribution in [-0.4, -0.2) is 22.9 Å². The van der Waals surface area contributed by atoms with E-state index in [1.165, 1.54) is 0 Å². The summed E-state index contributed by atoms with van der Waals surface area (Å²) in [6.07, 6.45) is -0.728. The van der Waals surface area contributed by atoms with Gasteiger partial charge in [-0.05, 0) is 23.8 Å². The quantitative estimate of drug-likeness (QED) is 0.728. The number of aliphatic hydroxyl groups is 1. The van der Waals surface area contributed by atoms with Gasteiger partial charge in [0.05, 0.1) is 0 Å². The number of hydrogen-bond donors (Lipinski definition) is 3. The van der Waals surface area contributed by atoms with E-state index in [0.717, 1.165) is 10.0 Å². The number of benzene rings is 1. The predicted octanol–water partition coefficient (Wildman–Crippen LogP) is 2.08. The Balaban J connectivity index is 2.93. The fraction of sp³-hybridized carbons (Fsp3) is 0.182. The van der Waals surface area contributed by atoms with Crippen molar-refractivity contribution in [3.05, 3.63) is 28.2 Å². The number of anilines is 1. The molecule has 16 heavy (non-hydrogen) atoms. The van der Waals surface area contributed by atoms with Gasteiger partial charge in [-0.15, -0.1) is 0 Å². The molecule has 1 amide bonds. The second kappa shape index (κ2) is 6.16. The second-order valence-corrected chi connectivity index (χ2v) is 3.84. The Morgan fingerprint density at radius 2 is 2.19 bits per heavy atom. The maximum absolute atomic E-state index is 10.5. The Kier molecular flexibility index (Phi) is 4.83. The standard InChI is InChI=1S/C11H10BrNO3/c12-9-4-5-10(13-11(15)16)8(7-9)3-1-2-6-14/h4-5,7,13-14H,3,6H2,(H,15,16). The molecule has 0 atom stereocenters. The number of hydrogen-bond acceptors (Lipinski definition) is 2. The van der Waals surface area contributed by atoms with Crippen LogP contribution < -0.4 is 5.32 Å². The zero-order valence-corrected chi connectivity index (χ0v) is 9.91. The van der Waals surface area contributed by atoms with Gasteiger partial charge in [0.15, 0.2) is 0 Å². The lowest BCUT2D eigenvalue weighted by molar-refractivity contribution is 0.209. The molecule has 1 rings (SSSR count). The van der Waals surface area contributed by atoms with Crippen LogP contribution in [0, 0.1) is 11.8 Å². The third kappa shape index (κ3) is 3.93. The lowest BCUT2D eigenvalue weighted by Gasteiger charge is -2.06. The fourth-order valence-electron chi connectivity index (χ4n) is 1.16. The first kappa shape index (κ1) is 12.6. The number of carboxylic acid groups (broad SMARTS) is 1. The van der Waals surface area contributed by atoms with Gasteiger partial charge >= 0.3 is 6.09 Å². The van der Waals surface area contributed by atoms with Crippen LogP contribution in [-0.2, 0) is 6.42 Å². The largest absolute Gasteiger partial charge is 0.465 e. The SMILES string of the molecule is O=C(O)Nc1ccc(Br)cc1CC#CCO. The molecule has 0 bridgehead atoms. The molecule has 1 aromatic rings. The average molecular weight is 284 g/mol. The van der Waals surface area contributed by atoms with Gasteiger partial charge in [0.25, 0.3) is 0 Å². The third-order valence-corrected chi connectivity index (χ3v) is 2.29. The van der Waals surface area contributed by atoms with E-state index >= 15 is 0 Å². The minimum atomic E-state index is -1.11. The summed E-state index contributed by atoms with van der Waals surface area (Å²) in [5.74, 6) is 5.25. The topological polar surface area (TPSA) is 69.6 Å². The van der Waals surface area contributed by atoms with Gasteiger partial charge < -0.3 is 10.2 Å². The second-order valence-electron chi connectivity index (χ2n) is 2.92. The lowest BCUT2D eigenvalue weighted by Crippen LogP contribution is -2.09. The Hall–Kier alpha value is -1.51. The van der Waals surface area contributed by atoms with E-state index in [2.05, 4.69) is 33.1 Å². The molecule has 0 heterocycles. The van der Waals surface area contributed by atoms with E-state index in [1.54, 1.807) is 18.2 Å². The van der Waals surface area contributed by atoms with E-state index in [9.17, 15) is 4.79 Å². The summed E-state index contributed by atoms with van der Waals surface area (Å²) in [5.41, 5.74) is 1.26. The lowest BCUT2D eigenvalue weighted by atomic mass is 10.1. The maximum Gasteiger partial charge on any atom is 0.409 e.